The molecule has 0 aliphatic carbocycles. The molecule has 3 aliphatic heterocycles. The Balaban J connectivity index is 1.48. The third-order valence-electron chi connectivity index (χ3n) is 5.86. The van der Waals surface area contributed by atoms with Crippen LogP contribution in [-0.4, -0.2) is 62.9 Å². The Morgan fingerprint density at radius 2 is 2.00 bits per heavy atom. The van der Waals surface area contributed by atoms with Crippen molar-refractivity contribution in [1.29, 1.82) is 0 Å². The van der Waals surface area contributed by atoms with Gasteiger partial charge in [-0.05, 0) is 37.1 Å². The first-order chi connectivity index (χ1) is 14.3. The number of fused-ring (bicyclic) bond motifs is 1. The Hall–Kier alpha value is -2.71. The first-order valence-electron chi connectivity index (χ1n) is 10.0. The first kappa shape index (κ1) is 20.6. The van der Waals surface area contributed by atoms with Gasteiger partial charge in [0.25, 0.3) is 5.91 Å². The third kappa shape index (κ3) is 3.50. The first-order valence-corrected chi connectivity index (χ1v) is 10.0. The highest BCUT2D eigenvalue weighted by atomic mass is 16.6. The molecule has 3 heterocycles. The lowest BCUT2D eigenvalue weighted by atomic mass is 9.77. The number of nitrogens with zero attached hydrogens (tertiary/aromatic N) is 1. The van der Waals surface area contributed by atoms with Crippen molar-refractivity contribution in [2.45, 2.75) is 25.6 Å². The summed E-state index contributed by atoms with van der Waals surface area (Å²) in [6, 6.07) is 5.95. The molecule has 3 aliphatic rings. The second kappa shape index (κ2) is 7.85. The van der Waals surface area contributed by atoms with Gasteiger partial charge in [0, 0.05) is 19.3 Å². The van der Waals surface area contributed by atoms with E-state index in [9.17, 15) is 14.4 Å². The van der Waals surface area contributed by atoms with Crippen LogP contribution < -0.4 is 10.2 Å². The fourth-order valence-corrected chi connectivity index (χ4v) is 4.67. The lowest BCUT2D eigenvalue weighted by Gasteiger charge is -2.22. The quantitative estimate of drug-likeness (QED) is 0.405. The molecule has 0 saturated carbocycles. The number of rotatable bonds is 7. The van der Waals surface area contributed by atoms with E-state index in [1.54, 1.807) is 4.90 Å². The summed E-state index contributed by atoms with van der Waals surface area (Å²) in [5.41, 5.74) is 2.09. The molecule has 2 amide bonds. The monoisotopic (exact) mass is 414 g/mol. The van der Waals surface area contributed by atoms with Gasteiger partial charge in [-0.2, -0.15) is 0 Å². The van der Waals surface area contributed by atoms with Crippen molar-refractivity contribution >= 4 is 23.5 Å². The number of hydrogen-bond donors (Lipinski definition) is 1. The molecule has 1 aromatic rings. The molecule has 0 radical (unpaired) electrons. The lowest BCUT2D eigenvalue weighted by Crippen LogP contribution is -2.41. The number of amides is 2. The molecule has 1 aromatic carbocycles. The lowest BCUT2D eigenvalue weighted by molar-refractivity contribution is -0.155. The average Bonchev–Trinajstić information content (AvgIpc) is 3.34. The largest absolute Gasteiger partial charge is 0.455 e. The molecular formula is C22H26N2O6. The number of nitrogens with one attached hydrogen (secondary N) is 1. The number of methoxy groups -OCH3 is 1. The van der Waals surface area contributed by atoms with E-state index in [0.29, 0.717) is 19.7 Å². The summed E-state index contributed by atoms with van der Waals surface area (Å²) in [5.74, 6) is -2.57. The number of benzene rings is 1. The molecule has 8 nitrogen and oxygen atoms in total. The van der Waals surface area contributed by atoms with Gasteiger partial charge in [0.2, 0.25) is 5.91 Å². The number of carbonyl (C=O) groups is 3. The fourth-order valence-electron chi connectivity index (χ4n) is 4.67. The van der Waals surface area contributed by atoms with Crippen molar-refractivity contribution in [3.8, 4) is 0 Å². The highest BCUT2D eigenvalue weighted by Gasteiger charge is 2.67. The van der Waals surface area contributed by atoms with E-state index >= 15 is 0 Å². The number of carbonyl (C=O) groups excluding carboxylic acids is 3. The number of anilines is 1. The minimum absolute atomic E-state index is 0.154. The maximum absolute atomic E-state index is 13.3. The van der Waals surface area contributed by atoms with E-state index in [2.05, 4.69) is 5.32 Å². The zero-order valence-corrected chi connectivity index (χ0v) is 17.3. The normalized spacial score (nSPS) is 28.7. The van der Waals surface area contributed by atoms with Gasteiger partial charge in [-0.25, -0.2) is 0 Å². The number of ether oxygens (including phenoxy) is 3. The molecule has 2 fully saturated rings. The van der Waals surface area contributed by atoms with Gasteiger partial charge < -0.3 is 24.4 Å². The van der Waals surface area contributed by atoms with Crippen LogP contribution in [0, 0.1) is 25.7 Å². The highest BCUT2D eigenvalue weighted by Crippen LogP contribution is 2.53. The average molecular weight is 414 g/mol. The topological polar surface area (TPSA) is 94.2 Å². The summed E-state index contributed by atoms with van der Waals surface area (Å²) in [7, 11) is 1.53. The summed E-state index contributed by atoms with van der Waals surface area (Å²) in [4.78, 5) is 39.6. The van der Waals surface area contributed by atoms with Gasteiger partial charge in [-0.1, -0.05) is 18.2 Å². The number of esters is 1. The van der Waals surface area contributed by atoms with Crippen LogP contribution in [0.5, 0.6) is 0 Å². The Kier molecular flexibility index (Phi) is 5.38. The molecule has 30 heavy (non-hydrogen) atoms. The Morgan fingerprint density at radius 3 is 2.70 bits per heavy atom. The molecule has 0 unspecified atom stereocenters. The van der Waals surface area contributed by atoms with E-state index in [4.69, 9.17) is 14.2 Å². The minimum Gasteiger partial charge on any atom is -0.455 e. The van der Waals surface area contributed by atoms with Crippen LogP contribution in [-0.2, 0) is 28.6 Å². The van der Waals surface area contributed by atoms with Crippen molar-refractivity contribution in [3.63, 3.8) is 0 Å². The highest BCUT2D eigenvalue weighted by molar-refractivity contribution is 6.02. The molecule has 4 rings (SSSR count). The van der Waals surface area contributed by atoms with Crippen LogP contribution >= 0.6 is 0 Å². The Morgan fingerprint density at radius 1 is 1.27 bits per heavy atom. The van der Waals surface area contributed by atoms with Crippen LogP contribution in [0.3, 0.4) is 0 Å². The Labute approximate surface area is 175 Å². The van der Waals surface area contributed by atoms with Gasteiger partial charge in [-0.15, -0.1) is 0 Å². The number of hydrogen-bond acceptors (Lipinski definition) is 6. The fraction of sp³-hybridized carbons (Fsp3) is 0.500. The van der Waals surface area contributed by atoms with Crippen LogP contribution in [0.2, 0.25) is 0 Å². The van der Waals surface area contributed by atoms with E-state index in [0.717, 1.165) is 16.8 Å². The molecule has 1 N–H and O–H groups in total. The van der Waals surface area contributed by atoms with E-state index in [-0.39, 0.29) is 5.91 Å². The molecular weight excluding hydrogens is 388 g/mol. The van der Waals surface area contributed by atoms with E-state index < -0.39 is 42.0 Å². The maximum atomic E-state index is 13.3. The van der Waals surface area contributed by atoms with Crippen molar-refractivity contribution in [2.24, 2.45) is 11.8 Å². The summed E-state index contributed by atoms with van der Waals surface area (Å²) in [5, 5.41) is 2.59. The third-order valence-corrected chi connectivity index (χ3v) is 5.86. The predicted octanol–water partition coefficient (Wildman–Crippen LogP) is 0.896. The van der Waals surface area contributed by atoms with Crippen molar-refractivity contribution in [3.05, 3.63) is 41.5 Å². The smallest absolute Gasteiger partial charge is 0.313 e. The van der Waals surface area contributed by atoms with Gasteiger partial charge in [0.15, 0.2) is 6.61 Å². The second-order valence-corrected chi connectivity index (χ2v) is 8.12. The molecule has 0 aromatic heterocycles. The molecule has 4 atom stereocenters. The number of aryl methyl sites for hydroxylation is 2. The summed E-state index contributed by atoms with van der Waals surface area (Å²) < 4.78 is 16.2. The zero-order valence-electron chi connectivity index (χ0n) is 17.3. The van der Waals surface area contributed by atoms with Crippen LogP contribution in [0.4, 0.5) is 5.69 Å². The van der Waals surface area contributed by atoms with E-state index in [1.165, 1.54) is 7.11 Å². The summed E-state index contributed by atoms with van der Waals surface area (Å²) in [6.07, 6.45) is 3.20. The van der Waals surface area contributed by atoms with Crippen molar-refractivity contribution in [1.82, 2.24) is 5.32 Å². The van der Waals surface area contributed by atoms with E-state index in [1.807, 2.05) is 44.2 Å². The standard InChI is InChI=1S/C22H26N2O6/c1-13-8-14(2)10-15(9-13)24-12-22-5-4-16(30-22)18(19(22)20(24)26)21(27)29-11-17(25)23-6-7-28-3/h4-5,8-10,16,18-19H,6-7,11-12H2,1-3H3,(H,23,25)/t16-,18-,19+,22+/m1/s1. The van der Waals surface area contributed by atoms with Crippen LogP contribution in [0.1, 0.15) is 11.1 Å². The SMILES string of the molecule is COCCNC(=O)COC(=O)[C@H]1[C@H]2C(=O)N(c3cc(C)cc(C)c3)C[C@@]23C=C[C@H]1O3. The van der Waals surface area contributed by atoms with Crippen molar-refractivity contribution in [2.75, 3.05) is 38.3 Å². The van der Waals surface area contributed by atoms with Gasteiger partial charge in [0.05, 0.1) is 25.2 Å². The molecule has 8 heteroatoms. The summed E-state index contributed by atoms with van der Waals surface area (Å²) >= 11 is 0. The molecule has 2 bridgehead atoms. The molecule has 160 valence electrons. The second-order valence-electron chi connectivity index (χ2n) is 8.12. The van der Waals surface area contributed by atoms with Crippen LogP contribution in [0.15, 0.2) is 30.4 Å². The zero-order chi connectivity index (χ0) is 21.5. The van der Waals surface area contributed by atoms with Gasteiger partial charge >= 0.3 is 5.97 Å². The molecule has 2 saturated heterocycles. The van der Waals surface area contributed by atoms with Gasteiger partial charge in [-0.3, -0.25) is 14.4 Å². The minimum atomic E-state index is -0.830. The van der Waals surface area contributed by atoms with Gasteiger partial charge in [0.1, 0.15) is 11.5 Å². The Bertz CT molecular complexity index is 893. The predicted molar refractivity (Wildman–Crippen MR) is 108 cm³/mol. The van der Waals surface area contributed by atoms with Crippen LogP contribution in [0.25, 0.3) is 0 Å². The van der Waals surface area contributed by atoms with Crippen molar-refractivity contribution < 1.29 is 28.6 Å². The molecule has 1 spiro atoms. The summed E-state index contributed by atoms with van der Waals surface area (Å²) in [6.45, 7) is 4.63. The maximum Gasteiger partial charge on any atom is 0.313 e.